The predicted molar refractivity (Wildman–Crippen MR) is 50.2 cm³/mol. The number of carbonyl (C=O) groups is 2. The Balaban J connectivity index is 2.62. The first-order valence-corrected chi connectivity index (χ1v) is 4.38. The molecule has 15 heavy (non-hydrogen) atoms. The lowest BCUT2D eigenvalue weighted by Crippen LogP contribution is -2.36. The number of aliphatic hydroxyl groups is 1. The van der Waals surface area contributed by atoms with Crippen LogP contribution < -0.4 is 11.2 Å². The average molecular weight is 215 g/mol. The van der Waals surface area contributed by atoms with Gasteiger partial charge in [0, 0.05) is 20.3 Å². The highest BCUT2D eigenvalue weighted by molar-refractivity contribution is 6.17. The zero-order valence-corrected chi connectivity index (χ0v) is 8.32. The van der Waals surface area contributed by atoms with E-state index < -0.39 is 17.6 Å². The maximum Gasteiger partial charge on any atom is 0.295 e. The largest absolute Gasteiger partial charge is 0.501 e. The first-order chi connectivity index (χ1) is 7.07. The van der Waals surface area contributed by atoms with Crippen LogP contribution in [0.2, 0.25) is 0 Å². The van der Waals surface area contributed by atoms with E-state index in [1.807, 2.05) is 5.32 Å². The number of nitrogens with one attached hydrogen (secondary N) is 1. The van der Waals surface area contributed by atoms with Gasteiger partial charge < -0.3 is 14.9 Å². The number of aliphatic hydroxyl groups excluding tert-OH is 1. The highest BCUT2D eigenvalue weighted by Crippen LogP contribution is 2.11. The zero-order chi connectivity index (χ0) is 11.4. The van der Waals surface area contributed by atoms with Gasteiger partial charge in [0.1, 0.15) is 0 Å². The second-order valence-electron chi connectivity index (χ2n) is 3.02. The van der Waals surface area contributed by atoms with Crippen LogP contribution in [0.15, 0.2) is 11.5 Å². The summed E-state index contributed by atoms with van der Waals surface area (Å²) >= 11 is 0. The minimum atomic E-state index is -0.822. The lowest BCUT2D eigenvalue weighted by Gasteiger charge is -2.17. The first-order valence-electron chi connectivity index (χ1n) is 4.38. The smallest absolute Gasteiger partial charge is 0.295 e. The monoisotopic (exact) mass is 215 g/mol. The molecule has 0 fully saturated rings. The van der Waals surface area contributed by atoms with Gasteiger partial charge in [-0.25, -0.2) is 5.84 Å². The number of rotatable bonds is 5. The number of carbonyl (C=O) groups excluding carboxylic acids is 2. The molecule has 1 aliphatic heterocycles. The second-order valence-corrected chi connectivity index (χ2v) is 3.02. The third-order valence-corrected chi connectivity index (χ3v) is 1.92. The molecule has 0 spiro atoms. The molecule has 0 saturated carbocycles. The maximum absolute atomic E-state index is 11.2. The number of ether oxygens (including phenoxy) is 1. The third kappa shape index (κ3) is 2.45. The van der Waals surface area contributed by atoms with Crippen molar-refractivity contribution >= 4 is 11.8 Å². The fourth-order valence-corrected chi connectivity index (χ4v) is 1.19. The molecule has 0 saturated heterocycles. The minimum Gasteiger partial charge on any atom is -0.501 e. The topological polar surface area (TPSA) is 105 Å². The van der Waals surface area contributed by atoms with Crippen LogP contribution in [-0.2, 0) is 14.3 Å². The van der Waals surface area contributed by atoms with E-state index in [9.17, 15) is 14.7 Å². The Morgan fingerprint density at radius 1 is 1.47 bits per heavy atom. The van der Waals surface area contributed by atoms with Gasteiger partial charge in [0.15, 0.2) is 5.70 Å². The number of imide groups is 1. The van der Waals surface area contributed by atoms with Crippen molar-refractivity contribution in [3.05, 3.63) is 11.5 Å². The molecule has 0 unspecified atom stereocenters. The zero-order valence-electron chi connectivity index (χ0n) is 8.32. The van der Waals surface area contributed by atoms with Crippen molar-refractivity contribution in [2.75, 3.05) is 20.3 Å². The van der Waals surface area contributed by atoms with Crippen LogP contribution in [0.5, 0.6) is 0 Å². The molecule has 2 amide bonds. The van der Waals surface area contributed by atoms with Gasteiger partial charge >= 0.3 is 0 Å². The molecule has 7 nitrogen and oxygen atoms in total. The number of methoxy groups -OCH3 is 1. The van der Waals surface area contributed by atoms with Gasteiger partial charge in [0.05, 0.1) is 0 Å². The summed E-state index contributed by atoms with van der Waals surface area (Å²) in [5.41, 5.74) is -0.198. The molecule has 0 radical (unpaired) electrons. The van der Waals surface area contributed by atoms with Crippen molar-refractivity contribution in [2.45, 2.75) is 6.42 Å². The van der Waals surface area contributed by atoms with Crippen molar-refractivity contribution in [3.63, 3.8) is 0 Å². The van der Waals surface area contributed by atoms with Crippen LogP contribution in [0, 0.1) is 0 Å². The van der Waals surface area contributed by atoms with E-state index in [2.05, 4.69) is 0 Å². The lowest BCUT2D eigenvalue weighted by molar-refractivity contribution is -0.125. The summed E-state index contributed by atoms with van der Waals surface area (Å²) in [5, 5.41) is 12.2. The quantitative estimate of drug-likeness (QED) is 0.226. The van der Waals surface area contributed by atoms with E-state index in [0.29, 0.717) is 19.6 Å². The second kappa shape index (κ2) is 4.76. The molecule has 1 rings (SSSR count). The highest BCUT2D eigenvalue weighted by Gasteiger charge is 2.32. The van der Waals surface area contributed by atoms with Crippen LogP contribution in [0.3, 0.4) is 0 Å². The van der Waals surface area contributed by atoms with Gasteiger partial charge in [-0.3, -0.25) is 14.9 Å². The SMILES string of the molecule is COCCCN(N)C1=C(O)C(=O)NC1=O. The molecule has 1 aliphatic rings. The first kappa shape index (κ1) is 11.5. The van der Waals surface area contributed by atoms with E-state index >= 15 is 0 Å². The summed E-state index contributed by atoms with van der Waals surface area (Å²) in [7, 11) is 1.55. The summed E-state index contributed by atoms with van der Waals surface area (Å²) < 4.78 is 4.80. The number of hydrazine groups is 1. The molecule has 0 aliphatic carbocycles. The fraction of sp³-hybridized carbons (Fsp3) is 0.500. The molecule has 0 atom stereocenters. The molecular formula is C8H13N3O4. The molecule has 4 N–H and O–H groups in total. The Bertz CT molecular complexity index is 313. The van der Waals surface area contributed by atoms with Crippen LogP contribution in [0.25, 0.3) is 0 Å². The number of nitrogens with zero attached hydrogens (tertiary/aromatic N) is 1. The van der Waals surface area contributed by atoms with Gasteiger partial charge in [-0.2, -0.15) is 0 Å². The Kier molecular flexibility index (Phi) is 3.64. The van der Waals surface area contributed by atoms with Crippen LogP contribution in [0.1, 0.15) is 6.42 Å². The van der Waals surface area contributed by atoms with Crippen LogP contribution >= 0.6 is 0 Å². The fourth-order valence-electron chi connectivity index (χ4n) is 1.19. The lowest BCUT2D eigenvalue weighted by atomic mass is 10.3. The normalized spacial score (nSPS) is 15.9. The molecule has 0 aromatic carbocycles. The van der Waals surface area contributed by atoms with E-state index in [1.54, 1.807) is 7.11 Å². The highest BCUT2D eigenvalue weighted by atomic mass is 16.5. The average Bonchev–Trinajstić information content (AvgIpc) is 2.41. The molecule has 1 heterocycles. The van der Waals surface area contributed by atoms with Gasteiger partial charge in [-0.05, 0) is 6.42 Å². The summed E-state index contributed by atoms with van der Waals surface area (Å²) in [4.78, 5) is 22.0. The van der Waals surface area contributed by atoms with Crippen molar-refractivity contribution in [1.29, 1.82) is 0 Å². The predicted octanol–water partition coefficient (Wildman–Crippen LogP) is -1.38. The van der Waals surface area contributed by atoms with Crippen LogP contribution in [-0.4, -0.2) is 42.2 Å². The number of hydrogen-bond donors (Lipinski definition) is 3. The van der Waals surface area contributed by atoms with Gasteiger partial charge in [-0.15, -0.1) is 0 Å². The molecule has 0 bridgehead atoms. The number of amides is 2. The maximum atomic E-state index is 11.2. The van der Waals surface area contributed by atoms with Crippen LogP contribution in [0.4, 0.5) is 0 Å². The summed E-state index contributed by atoms with van der Waals surface area (Å²) in [6.45, 7) is 0.797. The van der Waals surface area contributed by atoms with E-state index in [4.69, 9.17) is 10.6 Å². The van der Waals surface area contributed by atoms with Gasteiger partial charge in [-0.1, -0.05) is 0 Å². The number of nitrogens with two attached hydrogens (primary N) is 1. The minimum absolute atomic E-state index is 0.198. The summed E-state index contributed by atoms with van der Waals surface area (Å²) in [6, 6.07) is 0. The van der Waals surface area contributed by atoms with Crippen molar-refractivity contribution in [2.24, 2.45) is 5.84 Å². The van der Waals surface area contributed by atoms with Crippen molar-refractivity contribution < 1.29 is 19.4 Å². The summed E-state index contributed by atoms with van der Waals surface area (Å²) in [6.07, 6.45) is 0.589. The van der Waals surface area contributed by atoms with E-state index in [-0.39, 0.29) is 5.70 Å². The van der Waals surface area contributed by atoms with E-state index in [1.165, 1.54) is 0 Å². The standard InChI is InChI=1S/C8H13N3O4/c1-15-4-2-3-11(9)5-6(12)8(14)10-7(5)13/h2-4,9H2,1H3,(H2,10,12,13,14). The molecule has 84 valence electrons. The Hall–Kier alpha value is -1.60. The number of hydrogen-bond acceptors (Lipinski definition) is 6. The van der Waals surface area contributed by atoms with Crippen molar-refractivity contribution in [3.8, 4) is 0 Å². The Labute approximate surface area is 86.4 Å². The Morgan fingerprint density at radius 2 is 2.13 bits per heavy atom. The molecule has 0 aromatic rings. The summed E-state index contributed by atoms with van der Waals surface area (Å²) in [5.74, 6) is 3.37. The van der Waals surface area contributed by atoms with Gasteiger partial charge in [0.25, 0.3) is 11.8 Å². The molecular weight excluding hydrogens is 202 g/mol. The third-order valence-electron chi connectivity index (χ3n) is 1.92. The van der Waals surface area contributed by atoms with Crippen molar-refractivity contribution in [1.82, 2.24) is 10.3 Å². The molecule has 0 aromatic heterocycles. The Morgan fingerprint density at radius 3 is 2.60 bits per heavy atom. The van der Waals surface area contributed by atoms with E-state index in [0.717, 1.165) is 5.01 Å². The van der Waals surface area contributed by atoms with Gasteiger partial charge in [0.2, 0.25) is 5.76 Å². The molecule has 7 heteroatoms.